The van der Waals surface area contributed by atoms with Gasteiger partial charge in [0.15, 0.2) is 0 Å². The predicted molar refractivity (Wildman–Crippen MR) is 139 cm³/mol. The van der Waals surface area contributed by atoms with E-state index >= 15 is 0 Å². The summed E-state index contributed by atoms with van der Waals surface area (Å²) in [5.41, 5.74) is 1.69. The molecule has 0 bridgehead atoms. The molecule has 1 aliphatic heterocycles. The molecule has 0 fully saturated rings. The molecule has 0 saturated carbocycles. The molecule has 1 heterocycles. The molecular weight excluding hydrogens is 507 g/mol. The van der Waals surface area contributed by atoms with Gasteiger partial charge in [0.05, 0.1) is 16.6 Å². The first-order chi connectivity index (χ1) is 16.4. The van der Waals surface area contributed by atoms with Crippen LogP contribution in [-0.4, -0.2) is 26.5 Å². The van der Waals surface area contributed by atoms with Gasteiger partial charge in [-0.05, 0) is 74.9 Å². The monoisotopic (exact) mass is 532 g/mol. The molecule has 0 radical (unpaired) electrons. The number of fused-ring (bicyclic) bond motifs is 1. The zero-order chi connectivity index (χ0) is 25.4. The summed E-state index contributed by atoms with van der Waals surface area (Å²) in [5.74, 6) is 0.267. The van der Waals surface area contributed by atoms with E-state index in [9.17, 15) is 13.2 Å². The summed E-state index contributed by atoms with van der Waals surface area (Å²) in [7, 11) is -4.08. The average Bonchev–Trinajstić information content (AvgIpc) is 2.76. The highest BCUT2D eigenvalue weighted by Gasteiger charge is 2.35. The van der Waals surface area contributed by atoms with E-state index in [0.29, 0.717) is 22.2 Å². The maximum atomic E-state index is 13.6. The van der Waals surface area contributed by atoms with Gasteiger partial charge in [-0.25, -0.2) is 8.42 Å². The van der Waals surface area contributed by atoms with Crippen LogP contribution in [0.1, 0.15) is 37.4 Å². The van der Waals surface area contributed by atoms with E-state index in [-0.39, 0.29) is 16.6 Å². The largest absolute Gasteiger partial charge is 0.487 e. The summed E-state index contributed by atoms with van der Waals surface area (Å²) >= 11 is 12.1. The number of amides is 1. The summed E-state index contributed by atoms with van der Waals surface area (Å²) in [6, 6.07) is 17.7. The second kappa shape index (κ2) is 9.72. The minimum atomic E-state index is -4.08. The first-order valence-electron chi connectivity index (χ1n) is 11.1. The number of nitrogens with one attached hydrogen (secondary N) is 1. The third kappa shape index (κ3) is 5.74. The quantitative estimate of drug-likeness (QED) is 0.427. The van der Waals surface area contributed by atoms with E-state index in [0.717, 1.165) is 15.4 Å². The van der Waals surface area contributed by atoms with Crippen molar-refractivity contribution in [1.82, 2.24) is 5.32 Å². The fraction of sp³-hybridized carbons (Fsp3) is 0.269. The van der Waals surface area contributed by atoms with Crippen molar-refractivity contribution in [2.24, 2.45) is 0 Å². The molecule has 1 N–H and O–H groups in total. The van der Waals surface area contributed by atoms with Crippen LogP contribution in [0.2, 0.25) is 10.0 Å². The van der Waals surface area contributed by atoms with Crippen LogP contribution in [0.25, 0.3) is 0 Å². The zero-order valence-corrected chi connectivity index (χ0v) is 21.9. The molecule has 0 spiro atoms. The van der Waals surface area contributed by atoms with Crippen LogP contribution in [0.15, 0.2) is 71.6 Å². The molecule has 0 aromatic heterocycles. The Hall–Kier alpha value is -2.74. The fourth-order valence-electron chi connectivity index (χ4n) is 4.14. The Labute approximate surface area is 215 Å². The second-order valence-corrected chi connectivity index (χ2v) is 11.9. The van der Waals surface area contributed by atoms with Gasteiger partial charge in [0.1, 0.15) is 17.9 Å². The number of benzene rings is 3. The molecule has 6 nitrogen and oxygen atoms in total. The van der Waals surface area contributed by atoms with Gasteiger partial charge in [-0.3, -0.25) is 9.10 Å². The van der Waals surface area contributed by atoms with Crippen molar-refractivity contribution in [1.29, 1.82) is 0 Å². The number of aryl methyl sites for hydroxylation is 1. The van der Waals surface area contributed by atoms with Gasteiger partial charge in [-0.2, -0.15) is 0 Å². The average molecular weight is 533 g/mol. The first-order valence-corrected chi connectivity index (χ1v) is 13.3. The van der Waals surface area contributed by atoms with Crippen LogP contribution < -0.4 is 14.4 Å². The van der Waals surface area contributed by atoms with Gasteiger partial charge in [-0.15, -0.1) is 0 Å². The van der Waals surface area contributed by atoms with Gasteiger partial charge >= 0.3 is 0 Å². The molecular formula is C26H26Cl2N2O4S. The maximum Gasteiger partial charge on any atom is 0.264 e. The molecule has 35 heavy (non-hydrogen) atoms. The lowest BCUT2D eigenvalue weighted by atomic mass is 9.89. The number of rotatable bonds is 6. The van der Waals surface area contributed by atoms with E-state index in [2.05, 4.69) is 5.32 Å². The summed E-state index contributed by atoms with van der Waals surface area (Å²) < 4.78 is 34.3. The van der Waals surface area contributed by atoms with Crippen LogP contribution in [0.4, 0.5) is 5.69 Å². The molecule has 0 aliphatic carbocycles. The first kappa shape index (κ1) is 25.4. The van der Waals surface area contributed by atoms with Crippen molar-refractivity contribution in [3.63, 3.8) is 0 Å². The topological polar surface area (TPSA) is 75.7 Å². The van der Waals surface area contributed by atoms with Crippen LogP contribution in [0.5, 0.6) is 5.75 Å². The summed E-state index contributed by atoms with van der Waals surface area (Å²) in [6.45, 7) is 5.47. The second-order valence-electron chi connectivity index (χ2n) is 9.17. The molecule has 1 amide bonds. The minimum absolute atomic E-state index is 0.0164. The molecule has 1 unspecified atom stereocenters. The molecule has 1 atom stereocenters. The summed E-state index contributed by atoms with van der Waals surface area (Å²) in [6.07, 6.45) is 0.538. The predicted octanol–water partition coefficient (Wildman–Crippen LogP) is 5.92. The number of ether oxygens (including phenoxy) is 1. The molecule has 3 aromatic rings. The van der Waals surface area contributed by atoms with Crippen LogP contribution in [0.3, 0.4) is 0 Å². The molecule has 4 rings (SSSR count). The van der Waals surface area contributed by atoms with Crippen molar-refractivity contribution in [2.45, 2.75) is 43.7 Å². The third-order valence-electron chi connectivity index (χ3n) is 5.75. The van der Waals surface area contributed by atoms with Crippen molar-refractivity contribution in [2.75, 3.05) is 10.8 Å². The Morgan fingerprint density at radius 1 is 1.06 bits per heavy atom. The van der Waals surface area contributed by atoms with Gasteiger partial charge < -0.3 is 10.1 Å². The van der Waals surface area contributed by atoms with Gasteiger partial charge in [0, 0.05) is 22.0 Å². The number of hydrogen-bond acceptors (Lipinski definition) is 4. The number of sulfonamides is 1. The van der Waals surface area contributed by atoms with Gasteiger partial charge in [0.25, 0.3) is 10.0 Å². The Kier molecular flexibility index (Phi) is 7.04. The number of carbonyl (C=O) groups excluding carboxylic acids is 1. The molecule has 3 aromatic carbocycles. The summed E-state index contributed by atoms with van der Waals surface area (Å²) in [4.78, 5) is 13.3. The number of carbonyl (C=O) groups is 1. The fourth-order valence-corrected chi connectivity index (χ4v) is 5.86. The normalized spacial score (nSPS) is 16.7. The Morgan fingerprint density at radius 2 is 1.77 bits per heavy atom. The van der Waals surface area contributed by atoms with E-state index in [4.69, 9.17) is 27.9 Å². The van der Waals surface area contributed by atoms with Crippen LogP contribution >= 0.6 is 23.2 Å². The highest BCUT2D eigenvalue weighted by molar-refractivity contribution is 7.92. The number of nitrogens with zero attached hydrogens (tertiary/aromatic N) is 1. The van der Waals surface area contributed by atoms with Crippen LogP contribution in [-0.2, 0) is 14.8 Å². The maximum absolute atomic E-state index is 13.6. The van der Waals surface area contributed by atoms with E-state index < -0.39 is 28.1 Å². The molecule has 0 saturated heterocycles. The lowest BCUT2D eigenvalue weighted by Crippen LogP contribution is -2.45. The van der Waals surface area contributed by atoms with Crippen molar-refractivity contribution >= 4 is 44.8 Å². The van der Waals surface area contributed by atoms with E-state index in [1.807, 2.05) is 39.0 Å². The number of anilines is 1. The van der Waals surface area contributed by atoms with E-state index in [1.54, 1.807) is 18.2 Å². The minimum Gasteiger partial charge on any atom is -0.487 e. The molecule has 9 heteroatoms. The number of halogens is 2. The Morgan fingerprint density at radius 3 is 2.46 bits per heavy atom. The van der Waals surface area contributed by atoms with Crippen molar-refractivity contribution in [3.8, 4) is 5.75 Å². The van der Waals surface area contributed by atoms with Gasteiger partial charge in [-0.1, -0.05) is 41.4 Å². The number of hydrogen-bond donors (Lipinski definition) is 1. The van der Waals surface area contributed by atoms with Crippen molar-refractivity contribution < 1.29 is 17.9 Å². The SMILES string of the molecule is Cc1ccc2c(c1)OC(C)(C)CC2NC(=O)CN(c1cccc(Cl)c1)S(=O)(=O)c1ccc(Cl)cc1. The van der Waals surface area contributed by atoms with Crippen LogP contribution in [0, 0.1) is 6.92 Å². The summed E-state index contributed by atoms with van der Waals surface area (Å²) in [5, 5.41) is 3.78. The highest BCUT2D eigenvalue weighted by Crippen LogP contribution is 2.40. The van der Waals surface area contributed by atoms with Gasteiger partial charge in [0.2, 0.25) is 5.91 Å². The van der Waals surface area contributed by atoms with Crippen molar-refractivity contribution in [3.05, 3.63) is 87.9 Å². The standard InChI is InChI=1S/C26H26Cl2N2O4S/c1-17-7-12-22-23(15-26(2,3)34-24(22)13-17)29-25(31)16-30(20-6-4-5-19(28)14-20)35(32,33)21-10-8-18(27)9-11-21/h4-14,23H,15-16H2,1-3H3,(H,29,31). The molecule has 1 aliphatic rings. The highest BCUT2D eigenvalue weighted by atomic mass is 35.5. The lowest BCUT2D eigenvalue weighted by molar-refractivity contribution is -0.120. The zero-order valence-electron chi connectivity index (χ0n) is 19.6. The Bertz CT molecular complexity index is 1360. The van der Waals surface area contributed by atoms with E-state index in [1.165, 1.54) is 30.3 Å². The lowest BCUT2D eigenvalue weighted by Gasteiger charge is -2.38. The third-order valence-corrected chi connectivity index (χ3v) is 8.02. The smallest absolute Gasteiger partial charge is 0.264 e. The molecule has 184 valence electrons. The Balaban J connectivity index is 1.65.